The lowest BCUT2D eigenvalue weighted by Crippen LogP contribution is -2.42. The minimum absolute atomic E-state index is 0.222. The highest BCUT2D eigenvalue weighted by Gasteiger charge is 2.22. The van der Waals surface area contributed by atoms with Crippen LogP contribution in [0, 0.1) is 5.41 Å². The third-order valence-electron chi connectivity index (χ3n) is 4.03. The number of carbonyl (C=O) groups is 2. The molecule has 1 rings (SSSR count). The molecule has 1 atom stereocenters. The number of hydrogen-bond donors (Lipinski definition) is 3. The van der Waals surface area contributed by atoms with Gasteiger partial charge in [-0.15, -0.1) is 0 Å². The van der Waals surface area contributed by atoms with E-state index in [0.29, 0.717) is 19.5 Å². The Kier molecular flexibility index (Phi) is 7.59. The number of allylic oxidation sites excluding steroid dienone is 1. The number of aliphatic hydroxyl groups excluding tert-OH is 1. The molecule has 0 radical (unpaired) electrons. The van der Waals surface area contributed by atoms with Gasteiger partial charge in [0, 0.05) is 13.1 Å². The second-order valence-corrected chi connectivity index (χ2v) is 7.04. The van der Waals surface area contributed by atoms with Gasteiger partial charge in [-0.3, -0.25) is 9.59 Å². The first-order valence-electron chi connectivity index (χ1n) is 8.22. The van der Waals surface area contributed by atoms with Crippen LogP contribution in [0.2, 0.25) is 0 Å². The minimum Gasteiger partial charge on any atom is -0.393 e. The second-order valence-electron chi connectivity index (χ2n) is 7.04. The molecule has 0 bridgehead atoms. The Balaban J connectivity index is 2.16. The highest BCUT2D eigenvalue weighted by Crippen LogP contribution is 2.21. The van der Waals surface area contributed by atoms with Crippen molar-refractivity contribution < 1.29 is 14.7 Å². The van der Waals surface area contributed by atoms with Gasteiger partial charge in [0.2, 0.25) is 0 Å². The average Bonchev–Trinajstić information content (AvgIpc) is 2.47. The Hall–Kier alpha value is -1.36. The Labute approximate surface area is 133 Å². The summed E-state index contributed by atoms with van der Waals surface area (Å²) >= 11 is 0. The molecular weight excluding hydrogens is 280 g/mol. The predicted molar refractivity (Wildman–Crippen MR) is 87.3 cm³/mol. The van der Waals surface area contributed by atoms with Gasteiger partial charge in [-0.1, -0.05) is 32.4 Å². The minimum atomic E-state index is -0.626. The van der Waals surface area contributed by atoms with Crippen LogP contribution in [0.3, 0.4) is 0 Å². The fourth-order valence-electron chi connectivity index (χ4n) is 2.38. The van der Waals surface area contributed by atoms with Crippen molar-refractivity contribution in [3.63, 3.8) is 0 Å². The van der Waals surface area contributed by atoms with Crippen LogP contribution in [0.5, 0.6) is 0 Å². The SMILES string of the molecule is CC(C)(C)[C@H](O)CCNC(=O)C(=O)NCCC1=CCCCC1. The van der Waals surface area contributed by atoms with Crippen molar-refractivity contribution in [1.29, 1.82) is 0 Å². The number of hydrogen-bond acceptors (Lipinski definition) is 3. The van der Waals surface area contributed by atoms with Crippen molar-refractivity contribution >= 4 is 11.8 Å². The fourth-order valence-corrected chi connectivity index (χ4v) is 2.38. The lowest BCUT2D eigenvalue weighted by Gasteiger charge is -2.25. The molecule has 1 aliphatic rings. The lowest BCUT2D eigenvalue weighted by molar-refractivity contribution is -0.139. The highest BCUT2D eigenvalue weighted by atomic mass is 16.3. The van der Waals surface area contributed by atoms with Crippen LogP contribution in [0.25, 0.3) is 0 Å². The summed E-state index contributed by atoms with van der Waals surface area (Å²) in [5.41, 5.74) is 1.15. The zero-order valence-electron chi connectivity index (χ0n) is 14.1. The van der Waals surface area contributed by atoms with Gasteiger partial charge in [0.05, 0.1) is 6.10 Å². The molecule has 0 saturated heterocycles. The number of nitrogens with one attached hydrogen (secondary N) is 2. The Morgan fingerprint density at radius 3 is 2.36 bits per heavy atom. The van der Waals surface area contributed by atoms with Gasteiger partial charge < -0.3 is 15.7 Å². The van der Waals surface area contributed by atoms with Gasteiger partial charge in [0.15, 0.2) is 0 Å². The van der Waals surface area contributed by atoms with E-state index in [1.165, 1.54) is 18.4 Å². The molecule has 1 aliphatic carbocycles. The van der Waals surface area contributed by atoms with Gasteiger partial charge in [-0.05, 0) is 43.9 Å². The van der Waals surface area contributed by atoms with E-state index in [1.807, 2.05) is 20.8 Å². The summed E-state index contributed by atoms with van der Waals surface area (Å²) in [5.74, 6) is -1.22. The van der Waals surface area contributed by atoms with Gasteiger partial charge in [-0.25, -0.2) is 0 Å². The molecule has 0 spiro atoms. The maximum absolute atomic E-state index is 11.7. The topological polar surface area (TPSA) is 78.4 Å². The van der Waals surface area contributed by atoms with E-state index in [2.05, 4.69) is 16.7 Å². The molecule has 0 aliphatic heterocycles. The van der Waals surface area contributed by atoms with E-state index in [0.717, 1.165) is 19.3 Å². The van der Waals surface area contributed by atoms with Gasteiger partial charge >= 0.3 is 11.8 Å². The molecule has 0 aromatic rings. The number of aliphatic hydroxyl groups is 1. The highest BCUT2D eigenvalue weighted by molar-refractivity contribution is 6.35. The van der Waals surface area contributed by atoms with E-state index >= 15 is 0 Å². The van der Waals surface area contributed by atoms with Crippen LogP contribution in [-0.4, -0.2) is 36.1 Å². The van der Waals surface area contributed by atoms with E-state index in [1.54, 1.807) is 0 Å². The van der Waals surface area contributed by atoms with Crippen LogP contribution in [0.15, 0.2) is 11.6 Å². The summed E-state index contributed by atoms with van der Waals surface area (Å²) < 4.78 is 0. The monoisotopic (exact) mass is 310 g/mol. The largest absolute Gasteiger partial charge is 0.393 e. The van der Waals surface area contributed by atoms with E-state index in [4.69, 9.17) is 0 Å². The molecule has 5 heteroatoms. The second kappa shape index (κ2) is 8.93. The van der Waals surface area contributed by atoms with Crippen molar-refractivity contribution in [3.05, 3.63) is 11.6 Å². The first-order valence-corrected chi connectivity index (χ1v) is 8.22. The van der Waals surface area contributed by atoms with Gasteiger partial charge in [0.25, 0.3) is 0 Å². The third kappa shape index (κ3) is 7.07. The van der Waals surface area contributed by atoms with Gasteiger partial charge in [0.1, 0.15) is 0 Å². The molecule has 5 nitrogen and oxygen atoms in total. The zero-order chi connectivity index (χ0) is 16.6. The average molecular weight is 310 g/mol. The van der Waals surface area contributed by atoms with Crippen LogP contribution in [-0.2, 0) is 9.59 Å². The fraction of sp³-hybridized carbons (Fsp3) is 0.765. The van der Waals surface area contributed by atoms with Crippen molar-refractivity contribution in [2.75, 3.05) is 13.1 Å². The molecule has 22 heavy (non-hydrogen) atoms. The molecule has 0 aromatic carbocycles. The molecule has 0 unspecified atom stereocenters. The maximum atomic E-state index is 11.7. The maximum Gasteiger partial charge on any atom is 0.309 e. The summed E-state index contributed by atoms with van der Waals surface area (Å²) in [6.07, 6.45) is 7.69. The van der Waals surface area contributed by atoms with Crippen molar-refractivity contribution in [2.45, 2.75) is 65.4 Å². The Bertz CT molecular complexity index is 411. The van der Waals surface area contributed by atoms with Crippen LogP contribution < -0.4 is 10.6 Å². The molecule has 0 heterocycles. The molecule has 126 valence electrons. The first-order chi connectivity index (χ1) is 10.3. The number of rotatable bonds is 6. The smallest absolute Gasteiger partial charge is 0.309 e. The number of amides is 2. The molecule has 2 amide bonds. The summed E-state index contributed by atoms with van der Waals surface area (Å²) in [7, 11) is 0. The van der Waals surface area contributed by atoms with Crippen molar-refractivity contribution in [2.24, 2.45) is 5.41 Å². The number of carbonyl (C=O) groups excluding carboxylic acids is 2. The molecule has 0 aromatic heterocycles. The Morgan fingerprint density at radius 1 is 1.18 bits per heavy atom. The van der Waals surface area contributed by atoms with Crippen LogP contribution in [0.4, 0.5) is 0 Å². The van der Waals surface area contributed by atoms with E-state index in [-0.39, 0.29) is 5.41 Å². The predicted octanol–water partition coefficient (Wildman–Crippen LogP) is 1.91. The third-order valence-corrected chi connectivity index (χ3v) is 4.03. The van der Waals surface area contributed by atoms with Crippen LogP contribution >= 0.6 is 0 Å². The summed E-state index contributed by atoms with van der Waals surface area (Å²) in [5, 5.41) is 15.1. The van der Waals surface area contributed by atoms with Gasteiger partial charge in [-0.2, -0.15) is 0 Å². The van der Waals surface area contributed by atoms with Crippen LogP contribution in [0.1, 0.15) is 59.3 Å². The van der Waals surface area contributed by atoms with E-state index < -0.39 is 17.9 Å². The summed E-state index contributed by atoms with van der Waals surface area (Å²) in [6, 6.07) is 0. The molecule has 3 N–H and O–H groups in total. The van der Waals surface area contributed by atoms with E-state index in [9.17, 15) is 14.7 Å². The van der Waals surface area contributed by atoms with Crippen molar-refractivity contribution in [3.8, 4) is 0 Å². The first kappa shape index (κ1) is 18.7. The quantitative estimate of drug-likeness (QED) is 0.518. The lowest BCUT2D eigenvalue weighted by atomic mass is 9.87. The summed E-state index contributed by atoms with van der Waals surface area (Å²) in [4.78, 5) is 23.3. The molecule has 0 fully saturated rings. The normalized spacial score (nSPS) is 16.6. The molecule has 0 saturated carbocycles. The molecular formula is C17H30N2O3. The summed E-state index contributed by atoms with van der Waals surface area (Å²) in [6.45, 7) is 6.61. The standard InChI is InChI=1S/C17H30N2O3/c1-17(2,3)14(20)10-12-19-16(22)15(21)18-11-9-13-7-5-4-6-8-13/h7,14,20H,4-6,8-12H2,1-3H3,(H,18,21)(H,19,22)/t14-/m1/s1. The van der Waals surface area contributed by atoms with Crippen molar-refractivity contribution in [1.82, 2.24) is 10.6 Å². The zero-order valence-corrected chi connectivity index (χ0v) is 14.1. The Morgan fingerprint density at radius 2 is 1.82 bits per heavy atom.